The SMILES string of the molecule is CC(C)Oc1ccc(NC(=O)NCC(CCO)c2ccccc2)cc1. The topological polar surface area (TPSA) is 70.6 Å². The summed E-state index contributed by atoms with van der Waals surface area (Å²) in [5.41, 5.74) is 1.80. The quantitative estimate of drug-likeness (QED) is 0.684. The Balaban J connectivity index is 1.86. The van der Waals surface area contributed by atoms with Gasteiger partial charge < -0.3 is 20.5 Å². The van der Waals surface area contributed by atoms with Gasteiger partial charge in [0.2, 0.25) is 0 Å². The molecule has 1 unspecified atom stereocenters. The molecule has 5 nitrogen and oxygen atoms in total. The van der Waals surface area contributed by atoms with Crippen LogP contribution in [0.3, 0.4) is 0 Å². The number of benzene rings is 2. The zero-order valence-corrected chi connectivity index (χ0v) is 14.7. The van der Waals surface area contributed by atoms with E-state index in [0.29, 0.717) is 18.7 Å². The summed E-state index contributed by atoms with van der Waals surface area (Å²) in [6.07, 6.45) is 0.717. The minimum atomic E-state index is -0.267. The van der Waals surface area contributed by atoms with Crippen molar-refractivity contribution in [2.24, 2.45) is 0 Å². The summed E-state index contributed by atoms with van der Waals surface area (Å²) < 4.78 is 5.58. The molecule has 0 aliphatic rings. The first-order chi connectivity index (χ1) is 12.1. The van der Waals surface area contributed by atoms with E-state index in [9.17, 15) is 9.90 Å². The molecule has 0 radical (unpaired) electrons. The highest BCUT2D eigenvalue weighted by Crippen LogP contribution is 2.19. The fraction of sp³-hybridized carbons (Fsp3) is 0.350. The van der Waals surface area contributed by atoms with Crippen LogP contribution in [0.25, 0.3) is 0 Å². The third-order valence-corrected chi connectivity index (χ3v) is 3.74. The molecule has 2 aromatic rings. The molecule has 0 aromatic heterocycles. The number of amides is 2. The number of urea groups is 1. The van der Waals surface area contributed by atoms with E-state index in [2.05, 4.69) is 10.6 Å². The van der Waals surface area contributed by atoms with E-state index < -0.39 is 0 Å². The normalized spacial score (nSPS) is 11.8. The number of ether oxygens (including phenoxy) is 1. The van der Waals surface area contributed by atoms with Crippen molar-refractivity contribution in [3.05, 3.63) is 60.2 Å². The maximum Gasteiger partial charge on any atom is 0.319 e. The highest BCUT2D eigenvalue weighted by molar-refractivity contribution is 5.89. The van der Waals surface area contributed by atoms with E-state index in [1.54, 1.807) is 12.1 Å². The molecule has 0 saturated heterocycles. The Morgan fingerprint density at radius 3 is 2.36 bits per heavy atom. The van der Waals surface area contributed by atoms with Crippen molar-refractivity contribution in [2.45, 2.75) is 32.3 Å². The Morgan fingerprint density at radius 1 is 1.08 bits per heavy atom. The molecule has 25 heavy (non-hydrogen) atoms. The molecule has 5 heteroatoms. The third-order valence-electron chi connectivity index (χ3n) is 3.74. The van der Waals surface area contributed by atoms with Crippen molar-refractivity contribution < 1.29 is 14.6 Å². The second-order valence-corrected chi connectivity index (χ2v) is 6.15. The Hall–Kier alpha value is -2.53. The van der Waals surface area contributed by atoms with Crippen LogP contribution in [-0.2, 0) is 0 Å². The zero-order valence-electron chi connectivity index (χ0n) is 14.7. The van der Waals surface area contributed by atoms with Crippen LogP contribution in [0.15, 0.2) is 54.6 Å². The lowest BCUT2D eigenvalue weighted by atomic mass is 9.96. The lowest BCUT2D eigenvalue weighted by Crippen LogP contribution is -2.32. The van der Waals surface area contributed by atoms with Crippen LogP contribution in [0.2, 0.25) is 0 Å². The summed E-state index contributed by atoms with van der Waals surface area (Å²) in [6.45, 7) is 4.48. The number of aliphatic hydroxyl groups is 1. The van der Waals surface area contributed by atoms with Gasteiger partial charge in [0, 0.05) is 24.8 Å². The van der Waals surface area contributed by atoms with Crippen molar-refractivity contribution >= 4 is 11.7 Å². The lowest BCUT2D eigenvalue weighted by Gasteiger charge is -2.17. The van der Waals surface area contributed by atoms with E-state index in [4.69, 9.17) is 4.74 Å². The Labute approximate surface area is 149 Å². The van der Waals surface area contributed by atoms with Crippen molar-refractivity contribution in [3.8, 4) is 5.75 Å². The number of rotatable bonds is 8. The molecule has 0 fully saturated rings. The van der Waals surface area contributed by atoms with Gasteiger partial charge in [-0.05, 0) is 50.1 Å². The van der Waals surface area contributed by atoms with Crippen LogP contribution in [0, 0.1) is 0 Å². The second kappa shape index (κ2) is 9.69. The molecule has 0 spiro atoms. The van der Waals surface area contributed by atoms with E-state index >= 15 is 0 Å². The van der Waals surface area contributed by atoms with Gasteiger partial charge >= 0.3 is 6.03 Å². The molecular formula is C20H26N2O3. The first kappa shape index (κ1) is 18.8. The van der Waals surface area contributed by atoms with Crippen LogP contribution >= 0.6 is 0 Å². The van der Waals surface area contributed by atoms with E-state index in [1.165, 1.54) is 0 Å². The van der Waals surface area contributed by atoms with Crippen LogP contribution in [0.4, 0.5) is 10.5 Å². The molecule has 0 saturated carbocycles. The summed E-state index contributed by atoms with van der Waals surface area (Å²) in [7, 11) is 0. The molecule has 0 aliphatic carbocycles. The van der Waals surface area contributed by atoms with Crippen LogP contribution in [0.5, 0.6) is 5.75 Å². The van der Waals surface area contributed by atoms with Gasteiger partial charge in [-0.3, -0.25) is 0 Å². The maximum atomic E-state index is 12.1. The van der Waals surface area contributed by atoms with Gasteiger partial charge in [0.05, 0.1) is 6.10 Å². The van der Waals surface area contributed by atoms with E-state index in [0.717, 1.165) is 11.3 Å². The summed E-state index contributed by atoms with van der Waals surface area (Å²) in [6, 6.07) is 16.9. The second-order valence-electron chi connectivity index (χ2n) is 6.15. The summed E-state index contributed by atoms with van der Waals surface area (Å²) in [5.74, 6) is 0.854. The van der Waals surface area contributed by atoms with Gasteiger partial charge in [-0.2, -0.15) is 0 Å². The largest absolute Gasteiger partial charge is 0.491 e. The average molecular weight is 342 g/mol. The van der Waals surface area contributed by atoms with E-state index in [-0.39, 0.29) is 24.7 Å². The van der Waals surface area contributed by atoms with Gasteiger partial charge in [0.25, 0.3) is 0 Å². The predicted octanol–water partition coefficient (Wildman–Crippen LogP) is 3.76. The van der Waals surface area contributed by atoms with Crippen LogP contribution < -0.4 is 15.4 Å². The Morgan fingerprint density at radius 2 is 1.76 bits per heavy atom. The maximum absolute atomic E-state index is 12.1. The number of hydrogen-bond donors (Lipinski definition) is 3. The Bertz CT molecular complexity index is 642. The highest BCUT2D eigenvalue weighted by Gasteiger charge is 2.12. The number of anilines is 1. The monoisotopic (exact) mass is 342 g/mol. The van der Waals surface area contributed by atoms with Crippen molar-refractivity contribution in [1.29, 1.82) is 0 Å². The van der Waals surface area contributed by atoms with Gasteiger partial charge in [-0.1, -0.05) is 30.3 Å². The Kier molecular flexibility index (Phi) is 7.29. The number of carbonyl (C=O) groups is 1. The molecular weight excluding hydrogens is 316 g/mol. The van der Waals surface area contributed by atoms with Crippen molar-refractivity contribution in [3.63, 3.8) is 0 Å². The molecule has 3 N–H and O–H groups in total. The molecule has 2 aromatic carbocycles. The molecule has 0 bridgehead atoms. The molecule has 0 aliphatic heterocycles. The number of hydrogen-bond acceptors (Lipinski definition) is 3. The summed E-state index contributed by atoms with van der Waals surface area (Å²) in [4.78, 5) is 12.1. The van der Waals surface area contributed by atoms with Crippen molar-refractivity contribution in [2.75, 3.05) is 18.5 Å². The first-order valence-electron chi connectivity index (χ1n) is 8.56. The summed E-state index contributed by atoms with van der Waals surface area (Å²) >= 11 is 0. The average Bonchev–Trinajstić information content (AvgIpc) is 2.60. The van der Waals surface area contributed by atoms with Crippen molar-refractivity contribution in [1.82, 2.24) is 5.32 Å². The summed E-state index contributed by atoms with van der Waals surface area (Å²) in [5, 5.41) is 14.9. The van der Waals surface area contributed by atoms with Gasteiger partial charge in [0.15, 0.2) is 0 Å². The van der Waals surface area contributed by atoms with Crippen LogP contribution in [-0.4, -0.2) is 30.4 Å². The zero-order chi connectivity index (χ0) is 18.1. The number of aliphatic hydroxyl groups excluding tert-OH is 1. The fourth-order valence-corrected chi connectivity index (χ4v) is 2.55. The van der Waals surface area contributed by atoms with Crippen LogP contribution in [0.1, 0.15) is 31.7 Å². The number of carbonyl (C=O) groups excluding carboxylic acids is 1. The molecule has 2 amide bonds. The first-order valence-corrected chi connectivity index (χ1v) is 8.56. The molecule has 0 heterocycles. The molecule has 1 atom stereocenters. The standard InChI is InChI=1S/C20H26N2O3/c1-15(2)25-19-10-8-18(9-11-19)22-20(24)21-14-17(12-13-23)16-6-4-3-5-7-16/h3-11,15,17,23H,12-14H2,1-2H3,(H2,21,22,24). The van der Waals surface area contributed by atoms with Gasteiger partial charge in [-0.25, -0.2) is 4.79 Å². The minimum absolute atomic E-state index is 0.0822. The highest BCUT2D eigenvalue weighted by atomic mass is 16.5. The smallest absolute Gasteiger partial charge is 0.319 e. The fourth-order valence-electron chi connectivity index (χ4n) is 2.55. The molecule has 134 valence electrons. The third kappa shape index (κ3) is 6.47. The minimum Gasteiger partial charge on any atom is -0.491 e. The predicted molar refractivity (Wildman–Crippen MR) is 100 cm³/mol. The molecule has 2 rings (SSSR count). The van der Waals surface area contributed by atoms with E-state index in [1.807, 2.05) is 56.3 Å². The number of nitrogens with one attached hydrogen (secondary N) is 2. The van der Waals surface area contributed by atoms with Gasteiger partial charge in [0.1, 0.15) is 5.75 Å². The van der Waals surface area contributed by atoms with Gasteiger partial charge in [-0.15, -0.1) is 0 Å². The lowest BCUT2D eigenvalue weighted by molar-refractivity contribution is 0.242.